The van der Waals surface area contributed by atoms with Gasteiger partial charge in [0, 0.05) is 6.54 Å². The van der Waals surface area contributed by atoms with Crippen LogP contribution in [0.5, 0.6) is 0 Å². The second-order valence-corrected chi connectivity index (χ2v) is 1.57. The lowest BCUT2D eigenvalue weighted by molar-refractivity contribution is 0.0803. The third-order valence-corrected chi connectivity index (χ3v) is 0.734. The highest BCUT2D eigenvalue weighted by Crippen LogP contribution is 1.76. The Balaban J connectivity index is 2.84. The molecule has 0 aliphatic heterocycles. The number of rotatable bonds is 5. The molecule has 4 N–H and O–H groups in total. The van der Waals surface area contributed by atoms with Crippen LogP contribution in [0.2, 0.25) is 0 Å². The first-order chi connectivity index (χ1) is 4.77. The fourth-order valence-electron chi connectivity index (χ4n) is 0.387. The van der Waals surface area contributed by atoms with E-state index in [1.54, 1.807) is 0 Å². The Morgan fingerprint density at radius 2 is 2.00 bits per heavy atom. The van der Waals surface area contributed by atoms with Gasteiger partial charge in [0.1, 0.15) is 6.61 Å². The maximum absolute atomic E-state index is 9.95. The number of amides is 1. The molecule has 10 heavy (non-hydrogen) atoms. The largest absolute Gasteiger partial charge is 0.447 e. The SMILES string of the molecule is NCCOCCOC(N)=O. The van der Waals surface area contributed by atoms with Crippen LogP contribution >= 0.6 is 0 Å². The third kappa shape index (κ3) is 7.19. The topological polar surface area (TPSA) is 87.6 Å². The smallest absolute Gasteiger partial charge is 0.404 e. The van der Waals surface area contributed by atoms with E-state index >= 15 is 0 Å². The average molecular weight is 148 g/mol. The Bertz CT molecular complexity index is 96.9. The van der Waals surface area contributed by atoms with Crippen molar-refractivity contribution in [1.82, 2.24) is 0 Å². The van der Waals surface area contributed by atoms with Crippen molar-refractivity contribution in [2.24, 2.45) is 11.5 Å². The van der Waals surface area contributed by atoms with Crippen LogP contribution in [0, 0.1) is 0 Å². The summed E-state index contributed by atoms with van der Waals surface area (Å²) >= 11 is 0. The van der Waals surface area contributed by atoms with Crippen molar-refractivity contribution < 1.29 is 14.3 Å². The Hall–Kier alpha value is -0.810. The number of ether oxygens (including phenoxy) is 2. The molecule has 0 atom stereocenters. The van der Waals surface area contributed by atoms with Gasteiger partial charge in [0.05, 0.1) is 13.2 Å². The van der Waals surface area contributed by atoms with E-state index in [9.17, 15) is 4.79 Å². The van der Waals surface area contributed by atoms with Crippen LogP contribution in [0.25, 0.3) is 0 Å². The minimum absolute atomic E-state index is 0.190. The lowest BCUT2D eigenvalue weighted by atomic mass is 10.7. The van der Waals surface area contributed by atoms with Crippen molar-refractivity contribution >= 4 is 6.09 Å². The number of nitrogens with two attached hydrogens (primary N) is 2. The van der Waals surface area contributed by atoms with Gasteiger partial charge < -0.3 is 20.9 Å². The van der Waals surface area contributed by atoms with Crippen molar-refractivity contribution in [1.29, 1.82) is 0 Å². The predicted octanol–water partition coefficient (Wildman–Crippen LogP) is -0.943. The fraction of sp³-hybridized carbons (Fsp3) is 0.800. The van der Waals surface area contributed by atoms with Gasteiger partial charge in [0.15, 0.2) is 0 Å². The summed E-state index contributed by atoms with van der Waals surface area (Å²) in [5, 5.41) is 0. The van der Waals surface area contributed by atoms with E-state index in [2.05, 4.69) is 10.5 Å². The minimum Gasteiger partial charge on any atom is -0.447 e. The average Bonchev–Trinajstić information content (AvgIpc) is 1.87. The number of carbonyl (C=O) groups is 1. The second kappa shape index (κ2) is 6.31. The zero-order valence-electron chi connectivity index (χ0n) is 5.71. The van der Waals surface area contributed by atoms with Crippen LogP contribution in [-0.2, 0) is 9.47 Å². The minimum atomic E-state index is -0.781. The molecule has 0 aromatic carbocycles. The van der Waals surface area contributed by atoms with Crippen molar-refractivity contribution in [3.8, 4) is 0 Å². The van der Waals surface area contributed by atoms with E-state index in [0.29, 0.717) is 19.8 Å². The third-order valence-electron chi connectivity index (χ3n) is 0.734. The van der Waals surface area contributed by atoms with Crippen LogP contribution in [0.15, 0.2) is 0 Å². The molecule has 1 amide bonds. The van der Waals surface area contributed by atoms with Crippen LogP contribution in [-0.4, -0.2) is 32.5 Å². The molecule has 0 aliphatic carbocycles. The maximum atomic E-state index is 9.95. The Morgan fingerprint density at radius 3 is 2.50 bits per heavy atom. The van der Waals surface area contributed by atoms with Crippen LogP contribution in [0.1, 0.15) is 0 Å². The molecule has 60 valence electrons. The summed E-state index contributed by atoms with van der Waals surface area (Å²) in [5.41, 5.74) is 9.78. The molecular weight excluding hydrogens is 136 g/mol. The number of hydrogen-bond acceptors (Lipinski definition) is 4. The van der Waals surface area contributed by atoms with Gasteiger partial charge in [-0.2, -0.15) is 0 Å². The molecule has 0 fully saturated rings. The Morgan fingerprint density at radius 1 is 1.30 bits per heavy atom. The zero-order valence-corrected chi connectivity index (χ0v) is 5.71. The molecule has 0 heterocycles. The summed E-state index contributed by atoms with van der Waals surface area (Å²) in [4.78, 5) is 9.95. The molecule has 5 nitrogen and oxygen atoms in total. The van der Waals surface area contributed by atoms with Gasteiger partial charge >= 0.3 is 6.09 Å². The summed E-state index contributed by atoms with van der Waals surface area (Å²) in [6, 6.07) is 0. The Labute approximate surface area is 59.3 Å². The first-order valence-corrected chi connectivity index (χ1v) is 2.97. The van der Waals surface area contributed by atoms with Crippen LogP contribution < -0.4 is 11.5 Å². The molecule has 0 spiro atoms. The monoisotopic (exact) mass is 148 g/mol. The first-order valence-electron chi connectivity index (χ1n) is 2.97. The van der Waals surface area contributed by atoms with Crippen LogP contribution in [0.3, 0.4) is 0 Å². The normalized spacial score (nSPS) is 9.30. The summed E-state index contributed by atoms with van der Waals surface area (Å²) in [5.74, 6) is 0. The standard InChI is InChI=1S/C5H12N2O3/c6-1-2-9-3-4-10-5(7)8/h1-4,6H2,(H2,7,8). The van der Waals surface area contributed by atoms with Gasteiger partial charge in [-0.05, 0) is 0 Å². The molecule has 0 rings (SSSR count). The van der Waals surface area contributed by atoms with Gasteiger partial charge in [0.2, 0.25) is 0 Å². The van der Waals surface area contributed by atoms with E-state index < -0.39 is 6.09 Å². The van der Waals surface area contributed by atoms with Crippen molar-refractivity contribution in [2.75, 3.05) is 26.4 Å². The fourth-order valence-corrected chi connectivity index (χ4v) is 0.387. The van der Waals surface area contributed by atoms with E-state index in [4.69, 9.17) is 10.5 Å². The van der Waals surface area contributed by atoms with Gasteiger partial charge in [-0.3, -0.25) is 0 Å². The lowest BCUT2D eigenvalue weighted by Gasteiger charge is -2.01. The molecule has 0 aromatic heterocycles. The van der Waals surface area contributed by atoms with Gasteiger partial charge in [0.25, 0.3) is 0 Å². The molecular formula is C5H12N2O3. The Kier molecular flexibility index (Phi) is 5.80. The highest BCUT2D eigenvalue weighted by Gasteiger charge is 1.91. The summed E-state index contributed by atoms with van der Waals surface area (Å²) in [6.07, 6.45) is -0.781. The van der Waals surface area contributed by atoms with Crippen molar-refractivity contribution in [2.45, 2.75) is 0 Å². The lowest BCUT2D eigenvalue weighted by Crippen LogP contribution is -2.18. The van der Waals surface area contributed by atoms with E-state index in [1.165, 1.54) is 0 Å². The molecule has 5 heteroatoms. The maximum Gasteiger partial charge on any atom is 0.404 e. The second-order valence-electron chi connectivity index (χ2n) is 1.57. The molecule has 0 unspecified atom stereocenters. The summed E-state index contributed by atoms with van der Waals surface area (Å²) in [7, 11) is 0. The van der Waals surface area contributed by atoms with Gasteiger partial charge in [-0.1, -0.05) is 0 Å². The van der Waals surface area contributed by atoms with Crippen molar-refractivity contribution in [3.63, 3.8) is 0 Å². The van der Waals surface area contributed by atoms with Gasteiger partial charge in [-0.25, -0.2) is 4.79 Å². The van der Waals surface area contributed by atoms with E-state index in [-0.39, 0.29) is 6.61 Å². The van der Waals surface area contributed by atoms with Gasteiger partial charge in [-0.15, -0.1) is 0 Å². The zero-order chi connectivity index (χ0) is 7.82. The molecule has 0 aromatic rings. The quantitative estimate of drug-likeness (QED) is 0.492. The number of hydrogen-bond donors (Lipinski definition) is 2. The highest BCUT2D eigenvalue weighted by molar-refractivity contribution is 5.64. The van der Waals surface area contributed by atoms with Crippen LogP contribution in [0.4, 0.5) is 4.79 Å². The number of primary amides is 1. The molecule has 0 saturated heterocycles. The van der Waals surface area contributed by atoms with E-state index in [0.717, 1.165) is 0 Å². The predicted molar refractivity (Wildman–Crippen MR) is 35.4 cm³/mol. The molecule has 0 saturated carbocycles. The highest BCUT2D eigenvalue weighted by atomic mass is 16.6. The summed E-state index contributed by atoms with van der Waals surface area (Å²) < 4.78 is 9.24. The number of carbonyl (C=O) groups excluding carboxylic acids is 1. The van der Waals surface area contributed by atoms with Crippen molar-refractivity contribution in [3.05, 3.63) is 0 Å². The molecule has 0 radical (unpaired) electrons. The van der Waals surface area contributed by atoms with E-state index in [1.807, 2.05) is 0 Å². The molecule has 0 bridgehead atoms. The summed E-state index contributed by atoms with van der Waals surface area (Å²) in [6.45, 7) is 1.48. The first kappa shape index (κ1) is 9.19. The molecule has 0 aliphatic rings.